The van der Waals surface area contributed by atoms with Gasteiger partial charge in [-0.05, 0) is 43.2 Å². The third-order valence-corrected chi connectivity index (χ3v) is 6.45. The summed E-state index contributed by atoms with van der Waals surface area (Å²) in [5, 5.41) is 16.8. The molecule has 1 saturated heterocycles. The highest BCUT2D eigenvalue weighted by Crippen LogP contribution is 2.38. The molecule has 1 amide bonds. The van der Waals surface area contributed by atoms with Crippen molar-refractivity contribution >= 4 is 17.4 Å². The summed E-state index contributed by atoms with van der Waals surface area (Å²) in [6, 6.07) is 5.61. The first-order chi connectivity index (χ1) is 18.7. The van der Waals surface area contributed by atoms with Crippen molar-refractivity contribution in [3.63, 3.8) is 0 Å². The summed E-state index contributed by atoms with van der Waals surface area (Å²) in [6.45, 7) is 0.430. The van der Waals surface area contributed by atoms with Crippen molar-refractivity contribution < 1.29 is 27.5 Å². The number of aryl methyl sites for hydroxylation is 1. The van der Waals surface area contributed by atoms with E-state index in [0.717, 1.165) is 12.5 Å². The zero-order valence-corrected chi connectivity index (χ0v) is 20.7. The SMILES string of the molecule is Cn1ccc(-c2cnc(N3CCCC3CO)c(NC(=O)c3cc(-c4ncccn4)c(C(F)(F)F)cc3F)c2)n1. The van der Waals surface area contributed by atoms with E-state index in [0.29, 0.717) is 30.0 Å². The number of nitrogens with one attached hydrogen (secondary N) is 1. The largest absolute Gasteiger partial charge is 0.417 e. The van der Waals surface area contributed by atoms with Gasteiger partial charge in [0, 0.05) is 49.5 Å². The Morgan fingerprint density at radius 1 is 1.18 bits per heavy atom. The van der Waals surface area contributed by atoms with Crippen molar-refractivity contribution in [3.8, 4) is 22.6 Å². The molecule has 5 rings (SSSR count). The number of alkyl halides is 3. The molecule has 9 nitrogen and oxygen atoms in total. The number of amides is 1. The first kappa shape index (κ1) is 26.2. The number of carbonyl (C=O) groups is 1. The highest BCUT2D eigenvalue weighted by molar-refractivity contribution is 6.07. The van der Waals surface area contributed by atoms with Crippen LogP contribution in [0.25, 0.3) is 22.6 Å². The molecule has 13 heteroatoms. The zero-order valence-electron chi connectivity index (χ0n) is 20.7. The van der Waals surface area contributed by atoms with Crippen LogP contribution in [0.1, 0.15) is 28.8 Å². The predicted octanol–water partition coefficient (Wildman–Crippen LogP) is 4.31. The molecule has 1 aromatic carbocycles. The van der Waals surface area contributed by atoms with Crippen LogP contribution in [-0.4, -0.2) is 54.9 Å². The van der Waals surface area contributed by atoms with Gasteiger partial charge in [0.1, 0.15) is 5.82 Å². The Balaban J connectivity index is 1.58. The smallest absolute Gasteiger partial charge is 0.394 e. The topological polar surface area (TPSA) is 109 Å². The fourth-order valence-corrected chi connectivity index (χ4v) is 4.59. The van der Waals surface area contributed by atoms with E-state index < -0.39 is 34.6 Å². The highest BCUT2D eigenvalue weighted by Gasteiger charge is 2.36. The highest BCUT2D eigenvalue weighted by atomic mass is 19.4. The maximum Gasteiger partial charge on any atom is 0.417 e. The number of benzene rings is 1. The number of pyridine rings is 1. The quantitative estimate of drug-likeness (QED) is 0.350. The zero-order chi connectivity index (χ0) is 27.7. The van der Waals surface area contributed by atoms with Gasteiger partial charge in [0.05, 0.1) is 35.2 Å². The molecular formula is C26H23F4N7O2. The van der Waals surface area contributed by atoms with Crippen molar-refractivity contribution in [2.45, 2.75) is 25.1 Å². The summed E-state index contributed by atoms with van der Waals surface area (Å²) in [5.41, 5.74) is -1.14. The molecule has 39 heavy (non-hydrogen) atoms. The normalized spacial score (nSPS) is 15.5. The average Bonchev–Trinajstić information content (AvgIpc) is 3.57. The van der Waals surface area contributed by atoms with Gasteiger partial charge in [-0.3, -0.25) is 9.48 Å². The monoisotopic (exact) mass is 541 g/mol. The summed E-state index contributed by atoms with van der Waals surface area (Å²) < 4.78 is 57.8. The van der Waals surface area contributed by atoms with Gasteiger partial charge in [-0.1, -0.05) is 0 Å². The Morgan fingerprint density at radius 2 is 1.95 bits per heavy atom. The molecule has 4 heterocycles. The molecule has 202 valence electrons. The van der Waals surface area contributed by atoms with Gasteiger partial charge < -0.3 is 15.3 Å². The van der Waals surface area contributed by atoms with Crippen LogP contribution in [0.5, 0.6) is 0 Å². The number of hydrogen-bond acceptors (Lipinski definition) is 7. The molecule has 1 aliphatic heterocycles. The maximum absolute atomic E-state index is 15.0. The maximum atomic E-state index is 15.0. The summed E-state index contributed by atoms with van der Waals surface area (Å²) >= 11 is 0. The standard InChI is InChI=1S/C26H23F4N7O2/c1-36-9-5-21(35-36)15-10-22(24(33-13-15)37-8-2-4-16(37)14-38)34-25(39)18-11-17(23-31-6-3-7-32-23)19(12-20(18)27)26(28,29)30/h3,5-7,9-13,16,38H,2,4,8,14H2,1H3,(H,34,39). The number of nitrogens with zero attached hydrogens (tertiary/aromatic N) is 6. The van der Waals surface area contributed by atoms with Crippen LogP contribution in [0.4, 0.5) is 29.1 Å². The van der Waals surface area contributed by atoms with Gasteiger partial charge >= 0.3 is 6.18 Å². The number of halogens is 4. The second kappa shape index (κ2) is 10.4. The van der Waals surface area contributed by atoms with E-state index in [9.17, 15) is 23.1 Å². The van der Waals surface area contributed by atoms with Crippen LogP contribution in [0.3, 0.4) is 0 Å². The lowest BCUT2D eigenvalue weighted by atomic mass is 10.0. The first-order valence-corrected chi connectivity index (χ1v) is 12.0. The second-order valence-electron chi connectivity index (χ2n) is 9.04. The van der Waals surface area contributed by atoms with Gasteiger partial charge in [-0.2, -0.15) is 18.3 Å². The van der Waals surface area contributed by atoms with Crippen LogP contribution in [0.15, 0.2) is 55.1 Å². The van der Waals surface area contributed by atoms with Gasteiger partial charge in [-0.15, -0.1) is 0 Å². The predicted molar refractivity (Wildman–Crippen MR) is 134 cm³/mol. The lowest BCUT2D eigenvalue weighted by Gasteiger charge is -2.26. The average molecular weight is 542 g/mol. The Morgan fingerprint density at radius 3 is 2.62 bits per heavy atom. The van der Waals surface area contributed by atoms with E-state index in [1.807, 2.05) is 4.90 Å². The number of anilines is 2. The van der Waals surface area contributed by atoms with E-state index >= 15 is 4.39 Å². The Hall–Kier alpha value is -4.39. The Labute approximate surface area is 220 Å². The Kier molecular flexibility index (Phi) is 7.00. The van der Waals surface area contributed by atoms with Crippen molar-refractivity contribution in [3.05, 3.63) is 72.1 Å². The summed E-state index contributed by atoms with van der Waals surface area (Å²) in [7, 11) is 1.74. The number of aliphatic hydroxyl groups excluding tert-OH is 1. The lowest BCUT2D eigenvalue weighted by Crippen LogP contribution is -2.33. The summed E-state index contributed by atoms with van der Waals surface area (Å²) in [6.07, 6.45) is 2.39. The molecule has 1 atom stereocenters. The van der Waals surface area contributed by atoms with Gasteiger partial charge in [-0.25, -0.2) is 19.3 Å². The van der Waals surface area contributed by atoms with Gasteiger partial charge in [0.15, 0.2) is 11.6 Å². The molecule has 0 aliphatic carbocycles. The molecule has 0 saturated carbocycles. The van der Waals surface area contributed by atoms with Gasteiger partial charge in [0.25, 0.3) is 5.91 Å². The molecule has 2 N–H and O–H groups in total. The minimum Gasteiger partial charge on any atom is -0.394 e. The number of aromatic nitrogens is 5. The third kappa shape index (κ3) is 5.30. The minimum absolute atomic E-state index is 0.134. The summed E-state index contributed by atoms with van der Waals surface area (Å²) in [4.78, 5) is 27.4. The van der Waals surface area contributed by atoms with E-state index in [2.05, 4.69) is 25.4 Å². The minimum atomic E-state index is -4.91. The molecule has 3 aromatic heterocycles. The number of hydrogen-bond donors (Lipinski definition) is 2. The Bertz CT molecular complexity index is 1510. The van der Waals surface area contributed by atoms with E-state index in [4.69, 9.17) is 0 Å². The molecular weight excluding hydrogens is 518 g/mol. The molecule has 1 unspecified atom stereocenters. The van der Waals surface area contributed by atoms with Crippen LogP contribution in [-0.2, 0) is 13.2 Å². The molecule has 4 aromatic rings. The van der Waals surface area contributed by atoms with Gasteiger partial charge in [0.2, 0.25) is 0 Å². The lowest BCUT2D eigenvalue weighted by molar-refractivity contribution is -0.137. The fraction of sp³-hybridized carbons (Fsp3) is 0.269. The van der Waals surface area contributed by atoms with Crippen LogP contribution in [0.2, 0.25) is 0 Å². The molecule has 1 fully saturated rings. The first-order valence-electron chi connectivity index (χ1n) is 12.0. The molecule has 0 spiro atoms. The van der Waals surface area contributed by atoms with Crippen molar-refractivity contribution in [2.24, 2.45) is 7.05 Å². The molecule has 0 radical (unpaired) electrons. The van der Waals surface area contributed by atoms with Crippen molar-refractivity contribution in [1.29, 1.82) is 0 Å². The van der Waals surface area contributed by atoms with Crippen LogP contribution >= 0.6 is 0 Å². The van der Waals surface area contributed by atoms with Crippen LogP contribution in [0, 0.1) is 5.82 Å². The number of carbonyl (C=O) groups excluding carboxylic acids is 1. The second-order valence-corrected chi connectivity index (χ2v) is 9.04. The summed E-state index contributed by atoms with van der Waals surface area (Å²) in [5.74, 6) is -2.30. The van der Waals surface area contributed by atoms with Crippen LogP contribution < -0.4 is 10.2 Å². The number of aliphatic hydroxyl groups is 1. The van der Waals surface area contributed by atoms with E-state index in [1.54, 1.807) is 36.3 Å². The van der Waals surface area contributed by atoms with Crippen molar-refractivity contribution in [2.75, 3.05) is 23.4 Å². The van der Waals surface area contributed by atoms with Crippen molar-refractivity contribution in [1.82, 2.24) is 24.7 Å². The van der Waals surface area contributed by atoms with E-state index in [1.165, 1.54) is 18.5 Å². The van der Waals surface area contributed by atoms with E-state index in [-0.39, 0.29) is 30.2 Å². The number of rotatable bonds is 6. The molecule has 0 bridgehead atoms. The molecule has 1 aliphatic rings. The third-order valence-electron chi connectivity index (χ3n) is 6.45. The fourth-order valence-electron chi connectivity index (χ4n) is 4.59.